The second-order valence-electron chi connectivity index (χ2n) is 6.15. The number of hydrogen-bond donors (Lipinski definition) is 2. The SMILES string of the molecule is COc1ccc(C(=O)N2CCNC(=O)[C@@H]2CC(=O)Nc2ccccc2)cc1. The molecule has 3 amide bonds. The number of methoxy groups -OCH3 is 1. The third kappa shape index (κ3) is 4.44. The number of amides is 3. The maximum absolute atomic E-state index is 12.9. The summed E-state index contributed by atoms with van der Waals surface area (Å²) in [4.78, 5) is 39.0. The van der Waals surface area contributed by atoms with Gasteiger partial charge in [-0.2, -0.15) is 0 Å². The largest absolute Gasteiger partial charge is 0.497 e. The van der Waals surface area contributed by atoms with Crippen LogP contribution in [-0.2, 0) is 9.59 Å². The van der Waals surface area contributed by atoms with Gasteiger partial charge in [0.1, 0.15) is 11.8 Å². The highest BCUT2D eigenvalue weighted by molar-refractivity contribution is 6.01. The van der Waals surface area contributed by atoms with Crippen molar-refractivity contribution in [2.45, 2.75) is 12.5 Å². The zero-order chi connectivity index (χ0) is 19.2. The van der Waals surface area contributed by atoms with E-state index in [-0.39, 0.29) is 24.1 Å². The molecule has 1 aliphatic rings. The molecule has 27 heavy (non-hydrogen) atoms. The van der Waals surface area contributed by atoms with Crippen LogP contribution in [0.5, 0.6) is 5.75 Å². The molecule has 1 fully saturated rings. The number of nitrogens with one attached hydrogen (secondary N) is 2. The van der Waals surface area contributed by atoms with E-state index in [0.29, 0.717) is 30.1 Å². The molecule has 7 heteroatoms. The maximum atomic E-state index is 12.9. The number of anilines is 1. The van der Waals surface area contributed by atoms with Crippen molar-refractivity contribution in [3.05, 3.63) is 60.2 Å². The van der Waals surface area contributed by atoms with Gasteiger partial charge in [0.2, 0.25) is 11.8 Å². The van der Waals surface area contributed by atoms with Crippen LogP contribution in [0, 0.1) is 0 Å². The summed E-state index contributed by atoms with van der Waals surface area (Å²) in [5, 5.41) is 5.47. The summed E-state index contributed by atoms with van der Waals surface area (Å²) in [5.74, 6) is -0.297. The molecule has 0 aliphatic carbocycles. The van der Waals surface area contributed by atoms with E-state index in [9.17, 15) is 14.4 Å². The van der Waals surface area contributed by atoms with Gasteiger partial charge in [0, 0.05) is 24.3 Å². The first-order valence-electron chi connectivity index (χ1n) is 8.66. The number of carbonyl (C=O) groups is 3. The summed E-state index contributed by atoms with van der Waals surface area (Å²) in [6.07, 6.45) is -0.109. The van der Waals surface area contributed by atoms with Crippen molar-refractivity contribution in [2.24, 2.45) is 0 Å². The Morgan fingerprint density at radius 1 is 1.15 bits per heavy atom. The van der Waals surface area contributed by atoms with Crippen molar-refractivity contribution in [2.75, 3.05) is 25.5 Å². The lowest BCUT2D eigenvalue weighted by molar-refractivity contribution is -0.131. The average Bonchev–Trinajstić information content (AvgIpc) is 2.70. The first-order valence-corrected chi connectivity index (χ1v) is 8.66. The second-order valence-corrected chi connectivity index (χ2v) is 6.15. The molecule has 1 saturated heterocycles. The van der Waals surface area contributed by atoms with Gasteiger partial charge in [-0.05, 0) is 36.4 Å². The van der Waals surface area contributed by atoms with Crippen LogP contribution in [0.2, 0.25) is 0 Å². The van der Waals surface area contributed by atoms with Crippen LogP contribution in [0.15, 0.2) is 54.6 Å². The van der Waals surface area contributed by atoms with Gasteiger partial charge in [-0.3, -0.25) is 14.4 Å². The molecule has 2 aromatic carbocycles. The highest BCUT2D eigenvalue weighted by Crippen LogP contribution is 2.18. The Labute approximate surface area is 157 Å². The van der Waals surface area contributed by atoms with E-state index in [1.165, 1.54) is 4.90 Å². The molecule has 1 atom stereocenters. The van der Waals surface area contributed by atoms with E-state index in [4.69, 9.17) is 4.74 Å². The number of hydrogen-bond acceptors (Lipinski definition) is 4. The van der Waals surface area contributed by atoms with Crippen molar-refractivity contribution in [1.29, 1.82) is 0 Å². The zero-order valence-corrected chi connectivity index (χ0v) is 15.0. The van der Waals surface area contributed by atoms with Gasteiger partial charge in [-0.15, -0.1) is 0 Å². The number of carbonyl (C=O) groups excluding carboxylic acids is 3. The molecular weight excluding hydrogens is 346 g/mol. The Bertz CT molecular complexity index is 821. The minimum Gasteiger partial charge on any atom is -0.497 e. The number of piperazine rings is 1. The fourth-order valence-electron chi connectivity index (χ4n) is 2.97. The predicted molar refractivity (Wildman–Crippen MR) is 101 cm³/mol. The number of nitrogens with zero attached hydrogens (tertiary/aromatic N) is 1. The number of benzene rings is 2. The van der Waals surface area contributed by atoms with E-state index < -0.39 is 6.04 Å². The fourth-order valence-corrected chi connectivity index (χ4v) is 2.97. The topological polar surface area (TPSA) is 87.7 Å². The quantitative estimate of drug-likeness (QED) is 0.841. The zero-order valence-electron chi connectivity index (χ0n) is 15.0. The normalized spacial score (nSPS) is 16.4. The Kier molecular flexibility index (Phi) is 5.71. The standard InChI is InChI=1S/C20H21N3O4/c1-27-16-9-7-14(8-10-16)20(26)23-12-11-21-19(25)17(23)13-18(24)22-15-5-3-2-4-6-15/h2-10,17H,11-13H2,1H3,(H,21,25)(H,22,24)/t17-/m0/s1. The minimum absolute atomic E-state index is 0.109. The van der Waals surface area contributed by atoms with E-state index in [1.807, 2.05) is 18.2 Å². The van der Waals surface area contributed by atoms with Gasteiger partial charge >= 0.3 is 0 Å². The molecule has 140 valence electrons. The molecule has 0 spiro atoms. The Balaban J connectivity index is 1.73. The van der Waals surface area contributed by atoms with Crippen molar-refractivity contribution < 1.29 is 19.1 Å². The van der Waals surface area contributed by atoms with Crippen molar-refractivity contribution in [3.63, 3.8) is 0 Å². The molecule has 7 nitrogen and oxygen atoms in total. The monoisotopic (exact) mass is 367 g/mol. The summed E-state index contributed by atoms with van der Waals surface area (Å²) >= 11 is 0. The Hall–Kier alpha value is -3.35. The Morgan fingerprint density at radius 3 is 2.52 bits per heavy atom. The van der Waals surface area contributed by atoms with Crippen LogP contribution in [-0.4, -0.2) is 48.9 Å². The smallest absolute Gasteiger partial charge is 0.254 e. The molecule has 0 aromatic heterocycles. The van der Waals surface area contributed by atoms with Crippen LogP contribution < -0.4 is 15.4 Å². The van der Waals surface area contributed by atoms with Gasteiger partial charge in [-0.1, -0.05) is 18.2 Å². The van der Waals surface area contributed by atoms with Crippen molar-refractivity contribution in [1.82, 2.24) is 10.2 Å². The lowest BCUT2D eigenvalue weighted by Gasteiger charge is -2.34. The summed E-state index contributed by atoms with van der Waals surface area (Å²) in [5.41, 5.74) is 1.09. The third-order valence-electron chi connectivity index (χ3n) is 4.36. The average molecular weight is 367 g/mol. The summed E-state index contributed by atoms with van der Waals surface area (Å²) in [6, 6.07) is 14.8. The molecular formula is C20H21N3O4. The Morgan fingerprint density at radius 2 is 1.85 bits per heavy atom. The van der Waals surface area contributed by atoms with Crippen LogP contribution in [0.1, 0.15) is 16.8 Å². The molecule has 1 heterocycles. The molecule has 0 bridgehead atoms. The molecule has 3 rings (SSSR count). The van der Waals surface area contributed by atoms with Gasteiger partial charge in [0.05, 0.1) is 13.5 Å². The summed E-state index contributed by atoms with van der Waals surface area (Å²) in [7, 11) is 1.55. The number of rotatable bonds is 5. The molecule has 0 unspecified atom stereocenters. The van der Waals surface area contributed by atoms with Crippen molar-refractivity contribution >= 4 is 23.4 Å². The maximum Gasteiger partial charge on any atom is 0.254 e. The van der Waals surface area contributed by atoms with Gasteiger partial charge in [-0.25, -0.2) is 0 Å². The van der Waals surface area contributed by atoms with Gasteiger partial charge < -0.3 is 20.3 Å². The molecule has 2 aromatic rings. The molecule has 1 aliphatic heterocycles. The van der Waals surface area contributed by atoms with Crippen LogP contribution >= 0.6 is 0 Å². The molecule has 0 radical (unpaired) electrons. The van der Waals surface area contributed by atoms with Gasteiger partial charge in [0.25, 0.3) is 5.91 Å². The lowest BCUT2D eigenvalue weighted by Crippen LogP contribution is -2.58. The lowest BCUT2D eigenvalue weighted by atomic mass is 10.1. The predicted octanol–water partition coefficient (Wildman–Crippen LogP) is 1.66. The van der Waals surface area contributed by atoms with Crippen LogP contribution in [0.3, 0.4) is 0 Å². The highest BCUT2D eigenvalue weighted by atomic mass is 16.5. The molecule has 0 saturated carbocycles. The van der Waals surface area contributed by atoms with Crippen molar-refractivity contribution in [3.8, 4) is 5.75 Å². The fraction of sp³-hybridized carbons (Fsp3) is 0.250. The summed E-state index contributed by atoms with van der Waals surface area (Å²) in [6.45, 7) is 0.706. The first-order chi connectivity index (χ1) is 13.1. The van der Waals surface area contributed by atoms with Crippen LogP contribution in [0.25, 0.3) is 0 Å². The van der Waals surface area contributed by atoms with E-state index in [1.54, 1.807) is 43.5 Å². The minimum atomic E-state index is -0.850. The van der Waals surface area contributed by atoms with Gasteiger partial charge in [0.15, 0.2) is 0 Å². The van der Waals surface area contributed by atoms with E-state index in [0.717, 1.165) is 0 Å². The van der Waals surface area contributed by atoms with E-state index >= 15 is 0 Å². The van der Waals surface area contributed by atoms with E-state index in [2.05, 4.69) is 10.6 Å². The van der Waals surface area contributed by atoms with Crippen LogP contribution in [0.4, 0.5) is 5.69 Å². The summed E-state index contributed by atoms with van der Waals surface area (Å²) < 4.78 is 5.10. The molecule has 2 N–H and O–H groups in total. The number of ether oxygens (including phenoxy) is 1. The third-order valence-corrected chi connectivity index (χ3v) is 4.36. The second kappa shape index (κ2) is 8.35. The highest BCUT2D eigenvalue weighted by Gasteiger charge is 2.35. The first kappa shape index (κ1) is 18.4. The number of para-hydroxylation sites is 1.